The Morgan fingerprint density at radius 2 is 1.70 bits per heavy atom. The Morgan fingerprint density at radius 3 is 2.10 bits per heavy atom. The molecule has 1 nitrogen and oxygen atoms in total. The molecule has 1 heterocycles. The highest BCUT2D eigenvalue weighted by Crippen LogP contribution is 2.38. The topological polar surface area (TPSA) is 13.1 Å². The van der Waals surface area contributed by atoms with E-state index in [0.717, 1.165) is 29.5 Å². The van der Waals surface area contributed by atoms with Crippen LogP contribution in [-0.2, 0) is 19.3 Å². The monoisotopic (exact) mass is 354 g/mol. The average Bonchev–Trinajstić information content (AvgIpc) is 2.91. The maximum atomic E-state index is 6.75. The Kier molecular flexibility index (Phi) is 5.34. The third-order valence-electron chi connectivity index (χ3n) is 3.75. The SMILES string of the molecule is CCc1cc(CC)c(C(Cl)c2ccoc2Br)c(CC)c1. The molecule has 2 aromatic rings. The summed E-state index contributed by atoms with van der Waals surface area (Å²) in [7, 11) is 0. The molecule has 0 saturated heterocycles. The Morgan fingerprint density at radius 1 is 1.10 bits per heavy atom. The van der Waals surface area contributed by atoms with Gasteiger partial charge in [0.2, 0.25) is 0 Å². The van der Waals surface area contributed by atoms with Crippen molar-refractivity contribution >= 4 is 27.5 Å². The first kappa shape index (κ1) is 15.7. The number of halogens is 2. The van der Waals surface area contributed by atoms with E-state index in [2.05, 4.69) is 48.8 Å². The number of hydrogen-bond donors (Lipinski definition) is 0. The van der Waals surface area contributed by atoms with E-state index in [1.165, 1.54) is 22.3 Å². The minimum atomic E-state index is -0.168. The van der Waals surface area contributed by atoms with Gasteiger partial charge in [-0.2, -0.15) is 0 Å². The van der Waals surface area contributed by atoms with Gasteiger partial charge in [-0.25, -0.2) is 0 Å². The molecular weight excluding hydrogens is 336 g/mol. The van der Waals surface area contributed by atoms with E-state index in [-0.39, 0.29) is 5.38 Å². The first-order chi connectivity index (χ1) is 9.62. The lowest BCUT2D eigenvalue weighted by Gasteiger charge is -2.19. The van der Waals surface area contributed by atoms with Gasteiger partial charge in [0.1, 0.15) is 0 Å². The van der Waals surface area contributed by atoms with Crippen LogP contribution in [0.4, 0.5) is 0 Å². The maximum absolute atomic E-state index is 6.75. The van der Waals surface area contributed by atoms with Crippen molar-refractivity contribution in [3.8, 4) is 0 Å². The molecule has 20 heavy (non-hydrogen) atoms. The van der Waals surface area contributed by atoms with Crippen molar-refractivity contribution < 1.29 is 4.42 Å². The summed E-state index contributed by atoms with van der Waals surface area (Å²) in [6.07, 6.45) is 4.72. The van der Waals surface area contributed by atoms with Gasteiger partial charge in [-0.05, 0) is 63.5 Å². The minimum Gasteiger partial charge on any atom is -0.457 e. The van der Waals surface area contributed by atoms with Gasteiger partial charge in [0, 0.05) is 5.56 Å². The molecule has 0 radical (unpaired) electrons. The van der Waals surface area contributed by atoms with Crippen LogP contribution in [0.3, 0.4) is 0 Å². The number of benzene rings is 1. The van der Waals surface area contributed by atoms with Crippen LogP contribution in [0.2, 0.25) is 0 Å². The van der Waals surface area contributed by atoms with Crippen LogP contribution in [0.1, 0.15) is 54.0 Å². The number of alkyl halides is 1. The molecule has 0 fully saturated rings. The van der Waals surface area contributed by atoms with Crippen LogP contribution < -0.4 is 0 Å². The molecule has 1 unspecified atom stereocenters. The Balaban J connectivity index is 2.57. The summed E-state index contributed by atoms with van der Waals surface area (Å²) in [5.74, 6) is 0. The summed E-state index contributed by atoms with van der Waals surface area (Å²) < 4.78 is 6.05. The molecule has 1 aromatic heterocycles. The van der Waals surface area contributed by atoms with Crippen molar-refractivity contribution in [2.45, 2.75) is 45.4 Å². The maximum Gasteiger partial charge on any atom is 0.173 e. The third-order valence-corrected chi connectivity index (χ3v) is 4.85. The van der Waals surface area contributed by atoms with Crippen LogP contribution in [0.25, 0.3) is 0 Å². The highest BCUT2D eigenvalue weighted by molar-refractivity contribution is 9.10. The summed E-state index contributed by atoms with van der Waals surface area (Å²) in [5, 5.41) is -0.168. The zero-order valence-corrected chi connectivity index (χ0v) is 14.5. The van der Waals surface area contributed by atoms with Gasteiger partial charge in [-0.15, -0.1) is 11.6 Å². The molecule has 0 spiro atoms. The van der Waals surface area contributed by atoms with Gasteiger partial charge >= 0.3 is 0 Å². The summed E-state index contributed by atoms with van der Waals surface area (Å²) in [4.78, 5) is 0. The second kappa shape index (κ2) is 6.82. The van der Waals surface area contributed by atoms with Crippen molar-refractivity contribution in [1.29, 1.82) is 0 Å². The number of furan rings is 1. The van der Waals surface area contributed by atoms with Crippen LogP contribution in [0, 0.1) is 0 Å². The van der Waals surface area contributed by atoms with E-state index in [1.807, 2.05) is 6.07 Å². The summed E-state index contributed by atoms with van der Waals surface area (Å²) in [6.45, 7) is 6.57. The molecule has 0 amide bonds. The minimum absolute atomic E-state index is 0.168. The molecule has 0 N–H and O–H groups in total. The number of aryl methyl sites for hydroxylation is 3. The molecule has 1 aromatic carbocycles. The first-order valence-electron chi connectivity index (χ1n) is 7.13. The molecule has 0 aliphatic heterocycles. The van der Waals surface area contributed by atoms with Gasteiger partial charge in [-0.1, -0.05) is 32.9 Å². The highest BCUT2D eigenvalue weighted by Gasteiger charge is 2.21. The average molecular weight is 356 g/mol. The van der Waals surface area contributed by atoms with E-state index in [0.29, 0.717) is 0 Å². The summed E-state index contributed by atoms with van der Waals surface area (Å²) in [6, 6.07) is 6.52. The van der Waals surface area contributed by atoms with Gasteiger partial charge in [0.15, 0.2) is 4.67 Å². The Labute approximate surface area is 134 Å². The Hall–Kier alpha value is -0.730. The molecule has 1 atom stereocenters. The molecule has 2 rings (SSSR count). The van der Waals surface area contributed by atoms with Crippen LogP contribution in [0.15, 0.2) is 33.5 Å². The fraction of sp³-hybridized carbons (Fsp3) is 0.412. The normalized spacial score (nSPS) is 12.7. The van der Waals surface area contributed by atoms with Gasteiger partial charge in [0.25, 0.3) is 0 Å². The molecular formula is C17H20BrClO. The zero-order chi connectivity index (χ0) is 14.7. The predicted molar refractivity (Wildman–Crippen MR) is 88.7 cm³/mol. The van der Waals surface area contributed by atoms with E-state index < -0.39 is 0 Å². The summed E-state index contributed by atoms with van der Waals surface area (Å²) in [5.41, 5.74) is 6.32. The van der Waals surface area contributed by atoms with E-state index in [1.54, 1.807) is 6.26 Å². The van der Waals surface area contributed by atoms with Crippen molar-refractivity contribution in [3.63, 3.8) is 0 Å². The predicted octanol–water partition coefficient (Wildman–Crippen LogP) is 6.06. The number of hydrogen-bond acceptors (Lipinski definition) is 1. The van der Waals surface area contributed by atoms with Crippen LogP contribution >= 0.6 is 27.5 Å². The van der Waals surface area contributed by atoms with Crippen LogP contribution in [-0.4, -0.2) is 0 Å². The standard InChI is InChI=1S/C17H20BrClO/c1-4-11-9-12(5-2)15(13(6-3)10-11)16(19)14-7-8-20-17(14)18/h7-10,16H,4-6H2,1-3H3. The van der Waals surface area contributed by atoms with Gasteiger partial charge in [0.05, 0.1) is 11.6 Å². The molecule has 0 aliphatic rings. The van der Waals surface area contributed by atoms with E-state index >= 15 is 0 Å². The molecule has 0 bridgehead atoms. The smallest absolute Gasteiger partial charge is 0.173 e. The highest BCUT2D eigenvalue weighted by atomic mass is 79.9. The molecule has 3 heteroatoms. The van der Waals surface area contributed by atoms with Crippen molar-refractivity contribution in [3.05, 3.63) is 56.9 Å². The van der Waals surface area contributed by atoms with E-state index in [9.17, 15) is 0 Å². The molecule has 0 aliphatic carbocycles. The van der Waals surface area contributed by atoms with E-state index in [4.69, 9.17) is 16.0 Å². The number of rotatable bonds is 5. The van der Waals surface area contributed by atoms with Crippen molar-refractivity contribution in [2.75, 3.05) is 0 Å². The summed E-state index contributed by atoms with van der Waals surface area (Å²) >= 11 is 10.2. The lowest BCUT2D eigenvalue weighted by Crippen LogP contribution is -2.05. The first-order valence-corrected chi connectivity index (χ1v) is 8.36. The third kappa shape index (κ3) is 2.96. The van der Waals surface area contributed by atoms with Crippen molar-refractivity contribution in [1.82, 2.24) is 0 Å². The molecule has 108 valence electrons. The van der Waals surface area contributed by atoms with Gasteiger partial charge < -0.3 is 4.42 Å². The second-order valence-corrected chi connectivity index (χ2v) is 6.06. The Bertz CT molecular complexity index is 563. The fourth-order valence-corrected chi connectivity index (χ4v) is 3.66. The fourth-order valence-electron chi connectivity index (χ4n) is 2.61. The van der Waals surface area contributed by atoms with Crippen LogP contribution in [0.5, 0.6) is 0 Å². The largest absolute Gasteiger partial charge is 0.457 e. The lowest BCUT2D eigenvalue weighted by atomic mass is 9.90. The molecule has 0 saturated carbocycles. The zero-order valence-electron chi connectivity index (χ0n) is 12.2. The quantitative estimate of drug-likeness (QED) is 0.594. The lowest BCUT2D eigenvalue weighted by molar-refractivity contribution is 0.537. The van der Waals surface area contributed by atoms with Gasteiger partial charge in [-0.3, -0.25) is 0 Å². The second-order valence-electron chi connectivity index (χ2n) is 4.90. The van der Waals surface area contributed by atoms with Crippen molar-refractivity contribution in [2.24, 2.45) is 0 Å².